The maximum absolute atomic E-state index is 13.9. The molecule has 0 aliphatic carbocycles. The number of carbonyl (C=O) groups excluding carboxylic acids is 1. The first-order chi connectivity index (χ1) is 15.2. The van der Waals surface area contributed by atoms with Crippen LogP contribution in [-0.4, -0.2) is 20.7 Å². The lowest BCUT2D eigenvalue weighted by molar-refractivity contribution is -0.112. The highest BCUT2D eigenvalue weighted by molar-refractivity contribution is 6.10. The van der Waals surface area contributed by atoms with Gasteiger partial charge >= 0.3 is 0 Å². The zero-order valence-electron chi connectivity index (χ0n) is 16.2. The van der Waals surface area contributed by atoms with Crippen molar-refractivity contribution in [2.75, 3.05) is 5.32 Å². The molecule has 0 aliphatic heterocycles. The molecule has 0 bridgehead atoms. The number of hydrogen-bond acceptors (Lipinski definition) is 4. The quantitative estimate of drug-likeness (QED) is 0.385. The Balaban J connectivity index is 1.75. The molecule has 0 saturated carbocycles. The number of anilines is 1. The smallest absolute Gasteiger partial charge is 0.266 e. The van der Waals surface area contributed by atoms with Crippen LogP contribution in [0.4, 0.5) is 10.1 Å². The van der Waals surface area contributed by atoms with Crippen LogP contribution in [-0.2, 0) is 4.79 Å². The molecule has 0 fully saturated rings. The van der Waals surface area contributed by atoms with Crippen LogP contribution in [0.3, 0.4) is 0 Å². The highest BCUT2D eigenvalue weighted by Crippen LogP contribution is 2.25. The lowest BCUT2D eigenvalue weighted by atomic mass is 10.1. The summed E-state index contributed by atoms with van der Waals surface area (Å²) in [6.45, 7) is 0. The van der Waals surface area contributed by atoms with Gasteiger partial charge < -0.3 is 5.32 Å². The number of nitrogens with one attached hydrogen (secondary N) is 1. The summed E-state index contributed by atoms with van der Waals surface area (Å²) in [6, 6.07) is 20.7. The van der Waals surface area contributed by atoms with E-state index in [1.54, 1.807) is 41.5 Å². The van der Waals surface area contributed by atoms with Crippen molar-refractivity contribution in [3.63, 3.8) is 0 Å². The van der Waals surface area contributed by atoms with Crippen LogP contribution in [0.1, 0.15) is 5.56 Å². The highest BCUT2D eigenvalue weighted by Gasteiger charge is 2.16. The number of hydrogen-bond donors (Lipinski definition) is 1. The maximum Gasteiger partial charge on any atom is 0.266 e. The Kier molecular flexibility index (Phi) is 5.63. The number of nitriles is 1. The summed E-state index contributed by atoms with van der Waals surface area (Å²) in [4.78, 5) is 16.6. The van der Waals surface area contributed by atoms with E-state index in [2.05, 4.69) is 15.4 Å². The van der Waals surface area contributed by atoms with Gasteiger partial charge in [0.2, 0.25) is 0 Å². The van der Waals surface area contributed by atoms with Crippen molar-refractivity contribution in [3.05, 3.63) is 102 Å². The highest BCUT2D eigenvalue weighted by atomic mass is 19.1. The molecular weight excluding hydrogens is 393 g/mol. The molecule has 7 heteroatoms. The summed E-state index contributed by atoms with van der Waals surface area (Å²) in [7, 11) is 0. The Morgan fingerprint density at radius 1 is 1.03 bits per heavy atom. The topological polar surface area (TPSA) is 83.6 Å². The van der Waals surface area contributed by atoms with Crippen LogP contribution in [0.2, 0.25) is 0 Å². The number of nitrogens with zero attached hydrogens (tertiary/aromatic N) is 4. The summed E-state index contributed by atoms with van der Waals surface area (Å²) >= 11 is 0. The van der Waals surface area contributed by atoms with Gasteiger partial charge in [-0.15, -0.1) is 0 Å². The van der Waals surface area contributed by atoms with Gasteiger partial charge in [0.1, 0.15) is 23.2 Å². The fourth-order valence-corrected chi connectivity index (χ4v) is 3.00. The minimum absolute atomic E-state index is 0.00277. The maximum atomic E-state index is 13.9. The molecular formula is C24H16FN5O. The van der Waals surface area contributed by atoms with Crippen LogP contribution in [0.5, 0.6) is 0 Å². The van der Waals surface area contributed by atoms with E-state index >= 15 is 0 Å². The first-order valence-electron chi connectivity index (χ1n) is 9.39. The van der Waals surface area contributed by atoms with E-state index in [0.717, 1.165) is 11.3 Å². The standard InChI is InChI=1S/C24H16FN5O/c25-21-8-4-5-9-22(21)28-24(31)18(15-26)14-19-16-30(20-6-2-1-3-7-20)29-23(19)17-10-12-27-13-11-17/h1-14,16H,(H,28,31)/b18-14+. The second-order valence-electron chi connectivity index (χ2n) is 6.55. The zero-order chi connectivity index (χ0) is 21.6. The third-order valence-electron chi connectivity index (χ3n) is 4.50. The normalized spacial score (nSPS) is 11.0. The molecule has 0 spiro atoms. The number of para-hydroxylation sites is 2. The van der Waals surface area contributed by atoms with Crippen LogP contribution in [0.15, 0.2) is 90.9 Å². The lowest BCUT2D eigenvalue weighted by Crippen LogP contribution is -2.14. The predicted molar refractivity (Wildman–Crippen MR) is 115 cm³/mol. The van der Waals surface area contributed by atoms with E-state index in [0.29, 0.717) is 11.3 Å². The molecule has 1 N–H and O–H groups in total. The van der Waals surface area contributed by atoms with Gasteiger partial charge in [-0.1, -0.05) is 30.3 Å². The summed E-state index contributed by atoms with van der Waals surface area (Å²) in [5, 5.41) is 16.7. The van der Waals surface area contributed by atoms with Crippen LogP contribution in [0.25, 0.3) is 23.0 Å². The fraction of sp³-hybridized carbons (Fsp3) is 0. The third-order valence-corrected chi connectivity index (χ3v) is 4.50. The van der Waals surface area contributed by atoms with Gasteiger partial charge in [0, 0.05) is 29.7 Å². The van der Waals surface area contributed by atoms with Crippen molar-refractivity contribution in [2.45, 2.75) is 0 Å². The van der Waals surface area contributed by atoms with Crippen LogP contribution < -0.4 is 5.32 Å². The second-order valence-corrected chi connectivity index (χ2v) is 6.55. The molecule has 31 heavy (non-hydrogen) atoms. The summed E-state index contributed by atoms with van der Waals surface area (Å²) in [5.41, 5.74) is 2.58. The van der Waals surface area contributed by atoms with E-state index in [4.69, 9.17) is 0 Å². The summed E-state index contributed by atoms with van der Waals surface area (Å²) in [5.74, 6) is -1.29. The molecule has 6 nitrogen and oxygen atoms in total. The summed E-state index contributed by atoms with van der Waals surface area (Å²) < 4.78 is 15.6. The van der Waals surface area contributed by atoms with Crippen molar-refractivity contribution in [2.24, 2.45) is 0 Å². The number of carbonyl (C=O) groups is 1. The van der Waals surface area contributed by atoms with E-state index in [1.165, 1.54) is 24.3 Å². The van der Waals surface area contributed by atoms with Gasteiger partial charge in [-0.25, -0.2) is 9.07 Å². The Labute approximate surface area is 177 Å². The third kappa shape index (κ3) is 4.38. The fourth-order valence-electron chi connectivity index (χ4n) is 3.00. The Morgan fingerprint density at radius 2 is 1.74 bits per heavy atom. The first-order valence-corrected chi connectivity index (χ1v) is 9.39. The van der Waals surface area contributed by atoms with Crippen LogP contribution >= 0.6 is 0 Å². The minimum atomic E-state index is -0.708. The number of amides is 1. The minimum Gasteiger partial charge on any atom is -0.319 e. The molecule has 1 amide bonds. The van der Waals surface area contributed by atoms with Crippen molar-refractivity contribution < 1.29 is 9.18 Å². The average molecular weight is 409 g/mol. The molecule has 0 unspecified atom stereocenters. The van der Waals surface area contributed by atoms with Crippen molar-refractivity contribution in [1.29, 1.82) is 5.26 Å². The number of benzene rings is 2. The van der Waals surface area contributed by atoms with Gasteiger partial charge in [-0.3, -0.25) is 9.78 Å². The van der Waals surface area contributed by atoms with E-state index in [-0.39, 0.29) is 11.3 Å². The molecule has 2 heterocycles. The van der Waals surface area contributed by atoms with Gasteiger partial charge in [0.15, 0.2) is 0 Å². The van der Waals surface area contributed by atoms with Gasteiger partial charge in [0.05, 0.1) is 11.4 Å². The number of rotatable bonds is 5. The van der Waals surface area contributed by atoms with Crippen LogP contribution in [0, 0.1) is 17.1 Å². The van der Waals surface area contributed by atoms with Crippen molar-refractivity contribution >= 4 is 17.7 Å². The largest absolute Gasteiger partial charge is 0.319 e. The molecule has 0 radical (unpaired) electrons. The lowest BCUT2D eigenvalue weighted by Gasteiger charge is -2.05. The molecule has 4 aromatic rings. The van der Waals surface area contributed by atoms with Gasteiger partial charge in [-0.2, -0.15) is 10.4 Å². The average Bonchev–Trinajstić information content (AvgIpc) is 3.24. The molecule has 4 rings (SSSR count). The predicted octanol–water partition coefficient (Wildman–Crippen LogP) is 4.62. The molecule has 0 atom stereocenters. The zero-order valence-corrected chi connectivity index (χ0v) is 16.2. The van der Waals surface area contributed by atoms with E-state index in [9.17, 15) is 14.4 Å². The summed E-state index contributed by atoms with van der Waals surface area (Å²) in [6.07, 6.45) is 6.46. The van der Waals surface area contributed by atoms with Crippen molar-refractivity contribution in [3.8, 4) is 23.0 Å². The van der Waals surface area contributed by atoms with E-state index < -0.39 is 11.7 Å². The molecule has 2 aromatic heterocycles. The Hall–Kier alpha value is -4.57. The van der Waals surface area contributed by atoms with E-state index in [1.807, 2.05) is 36.4 Å². The molecule has 0 aliphatic rings. The number of aromatic nitrogens is 3. The van der Waals surface area contributed by atoms with Gasteiger partial charge in [-0.05, 0) is 42.5 Å². The van der Waals surface area contributed by atoms with Crippen molar-refractivity contribution in [1.82, 2.24) is 14.8 Å². The second kappa shape index (κ2) is 8.84. The Bertz CT molecular complexity index is 1290. The molecule has 2 aromatic carbocycles. The van der Waals surface area contributed by atoms with Gasteiger partial charge in [0.25, 0.3) is 5.91 Å². The SMILES string of the molecule is N#C/C(=C\c1cn(-c2ccccc2)nc1-c1ccncc1)C(=O)Nc1ccccc1F. The first kappa shape index (κ1) is 19.7. The number of halogens is 1. The molecule has 150 valence electrons. The number of pyridine rings is 1. The Morgan fingerprint density at radius 3 is 2.45 bits per heavy atom. The molecule has 0 saturated heterocycles. The monoisotopic (exact) mass is 409 g/mol.